The lowest BCUT2D eigenvalue weighted by Gasteiger charge is -2.20. The predicted octanol–water partition coefficient (Wildman–Crippen LogP) is 1.95. The number of sulfone groups is 1. The molecule has 1 aromatic rings. The van der Waals surface area contributed by atoms with Crippen molar-refractivity contribution in [2.45, 2.75) is 46.3 Å². The van der Waals surface area contributed by atoms with Crippen LogP contribution >= 0.6 is 0 Å². The van der Waals surface area contributed by atoms with Crippen molar-refractivity contribution in [2.24, 2.45) is 0 Å². The van der Waals surface area contributed by atoms with E-state index in [-0.39, 0.29) is 11.3 Å². The van der Waals surface area contributed by atoms with Crippen LogP contribution in [-0.2, 0) is 22.9 Å². The van der Waals surface area contributed by atoms with Gasteiger partial charge in [-0.3, -0.25) is 4.90 Å². The van der Waals surface area contributed by atoms with Crippen LogP contribution in [0.4, 0.5) is 0 Å². The molecule has 0 atom stereocenters. The van der Waals surface area contributed by atoms with Crippen LogP contribution in [0.3, 0.4) is 0 Å². The second-order valence-electron chi connectivity index (χ2n) is 6.77. The first-order valence-electron chi connectivity index (χ1n) is 7.16. The normalized spacial score (nSPS) is 13.1. The molecule has 1 heterocycles. The van der Waals surface area contributed by atoms with Crippen molar-refractivity contribution in [1.29, 1.82) is 0 Å². The Morgan fingerprint density at radius 2 is 1.95 bits per heavy atom. The highest BCUT2D eigenvalue weighted by Crippen LogP contribution is 2.17. The number of rotatable bonds is 7. The van der Waals surface area contributed by atoms with Crippen LogP contribution in [0.15, 0.2) is 10.5 Å². The Hall–Kier alpha value is -0.850. The maximum atomic E-state index is 11.2. The van der Waals surface area contributed by atoms with Crippen LogP contribution in [0, 0.1) is 6.92 Å². The molecule has 21 heavy (non-hydrogen) atoms. The molecule has 0 radical (unpaired) electrons. The highest BCUT2D eigenvalue weighted by atomic mass is 32.2. The third-order valence-electron chi connectivity index (χ3n) is 3.15. The fourth-order valence-corrected chi connectivity index (χ4v) is 2.51. The zero-order valence-electron chi connectivity index (χ0n) is 14.0. The van der Waals surface area contributed by atoms with E-state index < -0.39 is 9.84 Å². The van der Waals surface area contributed by atoms with E-state index in [2.05, 4.69) is 26.1 Å². The first kappa shape index (κ1) is 18.2. The molecule has 0 saturated heterocycles. The van der Waals surface area contributed by atoms with Crippen molar-refractivity contribution in [2.75, 3.05) is 25.6 Å². The maximum absolute atomic E-state index is 11.2. The summed E-state index contributed by atoms with van der Waals surface area (Å²) in [4.78, 5) is 1.96. The van der Waals surface area contributed by atoms with Gasteiger partial charge in [0.05, 0.1) is 12.3 Å². The van der Waals surface area contributed by atoms with Gasteiger partial charge in [-0.2, -0.15) is 0 Å². The maximum Gasteiger partial charge on any atom is 0.148 e. The Bertz CT molecular complexity index is 556. The SMILES string of the molecule is Cc1oc(CN(C)CCS(C)(=O)=O)cc1CNC(C)(C)C. The van der Waals surface area contributed by atoms with Crippen LogP contribution in [0.5, 0.6) is 0 Å². The van der Waals surface area contributed by atoms with Gasteiger partial charge >= 0.3 is 0 Å². The summed E-state index contributed by atoms with van der Waals surface area (Å²) in [5.41, 5.74) is 1.22. The number of hydrogen-bond acceptors (Lipinski definition) is 5. The average Bonchev–Trinajstić information content (AvgIpc) is 2.62. The molecule has 0 aromatic carbocycles. The summed E-state index contributed by atoms with van der Waals surface area (Å²) in [6.45, 7) is 10.2. The molecule has 1 rings (SSSR count). The number of furan rings is 1. The van der Waals surface area contributed by atoms with Gasteiger partial charge in [0.1, 0.15) is 21.4 Å². The van der Waals surface area contributed by atoms with Gasteiger partial charge in [-0.15, -0.1) is 0 Å². The number of hydrogen-bond donors (Lipinski definition) is 1. The molecular formula is C15H28N2O3S. The largest absolute Gasteiger partial charge is 0.465 e. The Morgan fingerprint density at radius 1 is 1.33 bits per heavy atom. The van der Waals surface area contributed by atoms with Gasteiger partial charge < -0.3 is 9.73 Å². The second-order valence-corrected chi connectivity index (χ2v) is 9.03. The van der Waals surface area contributed by atoms with Crippen molar-refractivity contribution in [3.63, 3.8) is 0 Å². The van der Waals surface area contributed by atoms with Gasteiger partial charge in [0.15, 0.2) is 0 Å². The zero-order valence-corrected chi connectivity index (χ0v) is 14.8. The van der Waals surface area contributed by atoms with Gasteiger partial charge in [-0.1, -0.05) is 0 Å². The van der Waals surface area contributed by atoms with Crippen LogP contribution in [0.2, 0.25) is 0 Å². The van der Waals surface area contributed by atoms with Crippen molar-refractivity contribution in [3.05, 3.63) is 23.2 Å². The fourth-order valence-electron chi connectivity index (χ4n) is 1.87. The van der Waals surface area contributed by atoms with Crippen molar-refractivity contribution >= 4 is 9.84 Å². The monoisotopic (exact) mass is 316 g/mol. The molecule has 0 aliphatic carbocycles. The van der Waals surface area contributed by atoms with Crippen molar-refractivity contribution < 1.29 is 12.8 Å². The first-order chi connectivity index (χ1) is 9.46. The molecule has 0 fully saturated rings. The lowest BCUT2D eigenvalue weighted by molar-refractivity contribution is 0.306. The van der Waals surface area contributed by atoms with E-state index in [1.807, 2.05) is 24.9 Å². The molecule has 0 aliphatic heterocycles. The van der Waals surface area contributed by atoms with Crippen molar-refractivity contribution in [1.82, 2.24) is 10.2 Å². The van der Waals surface area contributed by atoms with Crippen LogP contribution in [0.1, 0.15) is 37.9 Å². The third-order valence-corrected chi connectivity index (χ3v) is 4.07. The highest BCUT2D eigenvalue weighted by molar-refractivity contribution is 7.90. The minimum atomic E-state index is -2.92. The summed E-state index contributed by atoms with van der Waals surface area (Å²) in [5.74, 6) is 1.95. The van der Waals surface area contributed by atoms with Gasteiger partial charge in [0.2, 0.25) is 0 Å². The van der Waals surface area contributed by atoms with E-state index in [9.17, 15) is 8.42 Å². The molecule has 1 N–H and O–H groups in total. The molecule has 0 unspecified atom stereocenters. The van der Waals surface area contributed by atoms with E-state index in [0.29, 0.717) is 13.1 Å². The van der Waals surface area contributed by atoms with Gasteiger partial charge in [0, 0.05) is 30.4 Å². The number of aryl methyl sites for hydroxylation is 1. The summed E-state index contributed by atoms with van der Waals surface area (Å²) in [6.07, 6.45) is 1.26. The molecule has 0 amide bonds. The topological polar surface area (TPSA) is 62.6 Å². The fraction of sp³-hybridized carbons (Fsp3) is 0.733. The lowest BCUT2D eigenvalue weighted by Crippen LogP contribution is -2.35. The van der Waals surface area contributed by atoms with E-state index in [1.165, 1.54) is 6.26 Å². The summed E-state index contributed by atoms with van der Waals surface area (Å²) in [7, 11) is -1.02. The Kier molecular flexibility index (Phi) is 6.01. The van der Waals surface area contributed by atoms with Crippen LogP contribution in [-0.4, -0.2) is 44.5 Å². The first-order valence-corrected chi connectivity index (χ1v) is 9.22. The van der Waals surface area contributed by atoms with Crippen LogP contribution < -0.4 is 5.32 Å². The van der Waals surface area contributed by atoms with Crippen molar-refractivity contribution in [3.8, 4) is 0 Å². The van der Waals surface area contributed by atoms with Gasteiger partial charge in [-0.05, 0) is 40.8 Å². The van der Waals surface area contributed by atoms with Gasteiger partial charge in [-0.25, -0.2) is 8.42 Å². The lowest BCUT2D eigenvalue weighted by atomic mass is 10.1. The molecule has 5 nitrogen and oxygen atoms in total. The molecule has 0 spiro atoms. The van der Waals surface area contributed by atoms with E-state index >= 15 is 0 Å². The second kappa shape index (κ2) is 6.94. The standard InChI is InChI=1S/C15H28N2O3S/c1-12-13(10-16-15(2,3)4)9-14(20-12)11-17(5)7-8-21(6,18)19/h9,16H,7-8,10-11H2,1-6H3. The highest BCUT2D eigenvalue weighted by Gasteiger charge is 2.14. The summed E-state index contributed by atoms with van der Waals surface area (Å²) < 4.78 is 28.1. The quantitative estimate of drug-likeness (QED) is 0.833. The minimum absolute atomic E-state index is 0.0656. The summed E-state index contributed by atoms with van der Waals surface area (Å²) in [6, 6.07) is 2.05. The minimum Gasteiger partial charge on any atom is -0.465 e. The molecule has 0 saturated carbocycles. The molecule has 0 aliphatic rings. The summed E-state index contributed by atoms with van der Waals surface area (Å²) in [5, 5.41) is 3.44. The Labute approximate surface area is 128 Å². The van der Waals surface area contributed by atoms with E-state index in [4.69, 9.17) is 4.42 Å². The number of nitrogens with zero attached hydrogens (tertiary/aromatic N) is 1. The van der Waals surface area contributed by atoms with Gasteiger partial charge in [0.25, 0.3) is 0 Å². The molecular weight excluding hydrogens is 288 g/mol. The third kappa shape index (κ3) is 7.64. The van der Waals surface area contributed by atoms with E-state index in [1.54, 1.807) is 0 Å². The molecule has 1 aromatic heterocycles. The Balaban J connectivity index is 2.57. The molecule has 122 valence electrons. The smallest absolute Gasteiger partial charge is 0.148 e. The predicted molar refractivity (Wildman–Crippen MR) is 86.1 cm³/mol. The molecule has 6 heteroatoms. The zero-order chi connectivity index (χ0) is 16.3. The number of nitrogens with one attached hydrogen (secondary N) is 1. The summed E-state index contributed by atoms with van der Waals surface area (Å²) >= 11 is 0. The Morgan fingerprint density at radius 3 is 2.48 bits per heavy atom. The van der Waals surface area contributed by atoms with Crippen LogP contribution in [0.25, 0.3) is 0 Å². The van der Waals surface area contributed by atoms with E-state index in [0.717, 1.165) is 23.6 Å². The molecule has 0 bridgehead atoms. The average molecular weight is 316 g/mol.